The zero-order valence-electron chi connectivity index (χ0n) is 13.2. The van der Waals surface area contributed by atoms with Gasteiger partial charge in [0.2, 0.25) is 9.84 Å². The van der Waals surface area contributed by atoms with Crippen LogP contribution in [0.5, 0.6) is 0 Å². The molecule has 0 aliphatic rings. The molecule has 0 N–H and O–H groups in total. The smallest absolute Gasteiger partial charge is 0.401 e. The van der Waals surface area contributed by atoms with E-state index in [0.29, 0.717) is 0 Å². The molecule has 0 saturated carbocycles. The van der Waals surface area contributed by atoms with Gasteiger partial charge in [0.25, 0.3) is 0 Å². The Morgan fingerprint density at radius 3 is 2.23 bits per heavy atom. The van der Waals surface area contributed by atoms with Gasteiger partial charge >= 0.3 is 5.88 Å². The van der Waals surface area contributed by atoms with E-state index in [0.717, 1.165) is 18.2 Å². The third kappa shape index (κ3) is 3.55. The van der Waals surface area contributed by atoms with Gasteiger partial charge in [0.1, 0.15) is 16.5 Å². The Hall–Kier alpha value is -3.26. The lowest BCUT2D eigenvalue weighted by atomic mass is 10.2. The lowest BCUT2D eigenvalue weighted by molar-refractivity contribution is -0.402. The molecule has 132 valence electrons. The van der Waals surface area contributed by atoms with Gasteiger partial charge < -0.3 is 4.42 Å². The molecule has 3 aromatic rings. The van der Waals surface area contributed by atoms with Crippen molar-refractivity contribution in [1.82, 2.24) is 0 Å². The number of furan rings is 1. The number of benzene rings is 2. The molecule has 0 bridgehead atoms. The summed E-state index contributed by atoms with van der Waals surface area (Å²) in [5.41, 5.74) is 0.231. The van der Waals surface area contributed by atoms with Crippen LogP contribution < -0.4 is 0 Å². The van der Waals surface area contributed by atoms with Crippen molar-refractivity contribution in [3.63, 3.8) is 0 Å². The standard InChI is InChI=1S/C18H12FNO5S/c19-14-8-6-13(7-9-14)17(12-15-10-11-18(25-15)20(21)22)26(23,24)16-4-2-1-3-5-16/h1-12H. The molecule has 0 aliphatic heterocycles. The summed E-state index contributed by atoms with van der Waals surface area (Å²) in [7, 11) is -3.97. The van der Waals surface area contributed by atoms with Crippen molar-refractivity contribution < 1.29 is 22.1 Å². The summed E-state index contributed by atoms with van der Waals surface area (Å²) in [6.45, 7) is 0. The van der Waals surface area contributed by atoms with Gasteiger partial charge in [-0.2, -0.15) is 0 Å². The third-order valence-electron chi connectivity index (χ3n) is 3.54. The average molecular weight is 373 g/mol. The lowest BCUT2D eigenvalue weighted by Gasteiger charge is -2.09. The van der Waals surface area contributed by atoms with Gasteiger partial charge in [-0.05, 0) is 35.9 Å². The number of hydrogen-bond acceptors (Lipinski definition) is 5. The average Bonchev–Trinajstić information content (AvgIpc) is 3.10. The minimum atomic E-state index is -3.97. The molecule has 26 heavy (non-hydrogen) atoms. The molecule has 2 aromatic carbocycles. The van der Waals surface area contributed by atoms with Gasteiger partial charge in [-0.3, -0.25) is 10.1 Å². The van der Waals surface area contributed by atoms with Crippen LogP contribution in [0.25, 0.3) is 11.0 Å². The zero-order chi connectivity index (χ0) is 18.7. The number of nitro groups is 1. The number of sulfone groups is 1. The molecule has 0 spiro atoms. The molecule has 0 unspecified atom stereocenters. The quantitative estimate of drug-likeness (QED) is 0.491. The predicted octanol–water partition coefficient (Wildman–Crippen LogP) is 4.30. The first-order chi connectivity index (χ1) is 12.4. The normalized spacial score (nSPS) is 12.1. The molecule has 0 fully saturated rings. The Morgan fingerprint density at radius 2 is 1.65 bits per heavy atom. The van der Waals surface area contributed by atoms with Crippen LogP contribution in [0.4, 0.5) is 10.3 Å². The molecule has 1 aromatic heterocycles. The van der Waals surface area contributed by atoms with Crippen molar-refractivity contribution in [3.8, 4) is 0 Å². The molecule has 0 radical (unpaired) electrons. The summed E-state index contributed by atoms with van der Waals surface area (Å²) in [5, 5.41) is 10.8. The van der Waals surface area contributed by atoms with Crippen LogP contribution in [0.2, 0.25) is 0 Å². The van der Waals surface area contributed by atoms with Crippen LogP contribution >= 0.6 is 0 Å². The van der Waals surface area contributed by atoms with E-state index in [1.54, 1.807) is 18.2 Å². The van der Waals surface area contributed by atoms with E-state index in [2.05, 4.69) is 0 Å². The molecule has 3 rings (SSSR count). The Balaban J connectivity index is 2.17. The number of halogens is 1. The van der Waals surface area contributed by atoms with Crippen LogP contribution in [-0.4, -0.2) is 13.3 Å². The Kier molecular flexibility index (Phi) is 4.68. The van der Waals surface area contributed by atoms with Crippen LogP contribution in [0, 0.1) is 15.9 Å². The Bertz CT molecular complexity index is 1070. The molecule has 8 heteroatoms. The lowest BCUT2D eigenvalue weighted by Crippen LogP contribution is -2.04. The van der Waals surface area contributed by atoms with Crippen LogP contribution in [0.3, 0.4) is 0 Å². The van der Waals surface area contributed by atoms with Gasteiger partial charge in [0, 0.05) is 6.08 Å². The van der Waals surface area contributed by atoms with Crippen molar-refractivity contribution in [3.05, 3.63) is 94.0 Å². The maximum atomic E-state index is 13.2. The minimum absolute atomic E-state index is 0.00414. The maximum absolute atomic E-state index is 13.2. The molecular weight excluding hydrogens is 361 g/mol. The van der Waals surface area contributed by atoms with E-state index >= 15 is 0 Å². The summed E-state index contributed by atoms with van der Waals surface area (Å²) in [6.07, 6.45) is 1.18. The zero-order valence-corrected chi connectivity index (χ0v) is 14.0. The third-order valence-corrected chi connectivity index (χ3v) is 5.36. The highest BCUT2D eigenvalue weighted by Gasteiger charge is 2.23. The van der Waals surface area contributed by atoms with Gasteiger partial charge in [0.05, 0.1) is 15.9 Å². The maximum Gasteiger partial charge on any atom is 0.433 e. The first-order valence-corrected chi connectivity index (χ1v) is 8.88. The van der Waals surface area contributed by atoms with Crippen LogP contribution in [0.1, 0.15) is 11.3 Å². The highest BCUT2D eigenvalue weighted by atomic mass is 32.2. The Morgan fingerprint density at radius 1 is 1.00 bits per heavy atom. The van der Waals surface area contributed by atoms with Gasteiger partial charge in [0.15, 0.2) is 0 Å². The second-order valence-corrected chi connectivity index (χ2v) is 7.18. The van der Waals surface area contributed by atoms with Gasteiger partial charge in [-0.15, -0.1) is 0 Å². The van der Waals surface area contributed by atoms with Gasteiger partial charge in [-0.1, -0.05) is 30.3 Å². The monoisotopic (exact) mass is 373 g/mol. The molecular formula is C18H12FNO5S. The van der Waals surface area contributed by atoms with Crippen molar-refractivity contribution in [2.24, 2.45) is 0 Å². The molecule has 6 nitrogen and oxygen atoms in total. The summed E-state index contributed by atoms with van der Waals surface area (Å²) in [5.74, 6) is -1.03. The van der Waals surface area contributed by atoms with E-state index in [1.165, 1.54) is 36.4 Å². The minimum Gasteiger partial charge on any atom is -0.401 e. The van der Waals surface area contributed by atoms with Crippen molar-refractivity contribution >= 4 is 26.7 Å². The second-order valence-electron chi connectivity index (χ2n) is 5.27. The molecule has 0 amide bonds. The summed E-state index contributed by atoms with van der Waals surface area (Å²) >= 11 is 0. The summed E-state index contributed by atoms with van der Waals surface area (Å²) in [4.78, 5) is 9.91. The molecule has 0 atom stereocenters. The Labute approximate surface area is 148 Å². The van der Waals surface area contributed by atoms with Crippen LogP contribution in [-0.2, 0) is 9.84 Å². The van der Waals surface area contributed by atoms with E-state index in [1.807, 2.05) is 0 Å². The summed E-state index contributed by atoms with van der Waals surface area (Å²) < 4.78 is 44.3. The second kappa shape index (κ2) is 6.93. The molecule has 1 heterocycles. The fourth-order valence-corrected chi connectivity index (χ4v) is 3.79. The fourth-order valence-electron chi connectivity index (χ4n) is 2.30. The fraction of sp³-hybridized carbons (Fsp3) is 0. The van der Waals surface area contributed by atoms with Crippen molar-refractivity contribution in [1.29, 1.82) is 0 Å². The van der Waals surface area contributed by atoms with E-state index in [-0.39, 0.29) is 21.1 Å². The summed E-state index contributed by atoms with van der Waals surface area (Å²) in [6, 6.07) is 15.0. The van der Waals surface area contributed by atoms with Crippen LogP contribution in [0.15, 0.2) is 76.0 Å². The highest BCUT2D eigenvalue weighted by Crippen LogP contribution is 2.31. The van der Waals surface area contributed by atoms with E-state index < -0.39 is 26.5 Å². The number of hydrogen-bond donors (Lipinski definition) is 0. The number of nitrogens with zero attached hydrogens (tertiary/aromatic N) is 1. The van der Waals surface area contributed by atoms with Crippen molar-refractivity contribution in [2.45, 2.75) is 4.90 Å². The molecule has 0 aliphatic carbocycles. The number of rotatable bonds is 5. The largest absolute Gasteiger partial charge is 0.433 e. The first-order valence-electron chi connectivity index (χ1n) is 7.40. The highest BCUT2D eigenvalue weighted by molar-refractivity contribution is 8.00. The van der Waals surface area contributed by atoms with E-state index in [4.69, 9.17) is 4.42 Å². The van der Waals surface area contributed by atoms with Crippen molar-refractivity contribution in [2.75, 3.05) is 0 Å². The topological polar surface area (TPSA) is 90.4 Å². The first kappa shape index (κ1) is 17.6. The van der Waals surface area contributed by atoms with Gasteiger partial charge in [-0.25, -0.2) is 12.8 Å². The molecule has 0 saturated heterocycles. The SMILES string of the molecule is O=[N+]([O-])c1ccc(C=C(c2ccc(F)cc2)S(=O)(=O)c2ccccc2)o1. The predicted molar refractivity (Wildman–Crippen MR) is 93.3 cm³/mol. The van der Waals surface area contributed by atoms with E-state index in [9.17, 15) is 22.9 Å².